The van der Waals surface area contributed by atoms with Gasteiger partial charge < -0.3 is 4.90 Å². The van der Waals surface area contributed by atoms with Gasteiger partial charge in [0.05, 0.1) is 11.7 Å². The Kier molecular flexibility index (Phi) is 9.94. The Balaban J connectivity index is 0.00000132. The maximum atomic E-state index is 4.25. The highest BCUT2D eigenvalue weighted by molar-refractivity contribution is 7.03. The Morgan fingerprint density at radius 3 is 2.57 bits per heavy atom. The van der Waals surface area contributed by atoms with Crippen molar-refractivity contribution in [3.63, 3.8) is 0 Å². The fraction of sp³-hybridized carbons (Fsp3) is 0.875. The van der Waals surface area contributed by atoms with E-state index in [1.54, 1.807) is 0 Å². The van der Waals surface area contributed by atoms with Crippen LogP contribution in [0.3, 0.4) is 0 Å². The van der Waals surface area contributed by atoms with Crippen molar-refractivity contribution in [2.24, 2.45) is 5.92 Å². The lowest BCUT2D eigenvalue weighted by Gasteiger charge is -2.29. The maximum absolute atomic E-state index is 4.25. The molecule has 23 heavy (non-hydrogen) atoms. The Morgan fingerprint density at radius 2 is 1.87 bits per heavy atom. The first-order valence-corrected chi connectivity index (χ1v) is 9.40. The summed E-state index contributed by atoms with van der Waals surface area (Å²) in [6, 6.07) is 0.415. The normalized spacial score (nSPS) is 22.7. The van der Waals surface area contributed by atoms with Crippen LogP contribution in [-0.4, -0.2) is 52.1 Å². The van der Waals surface area contributed by atoms with Gasteiger partial charge in [0.1, 0.15) is 0 Å². The number of halogens is 2. The summed E-state index contributed by atoms with van der Waals surface area (Å²) >= 11 is 1.46. The molecule has 0 amide bonds. The van der Waals surface area contributed by atoms with Crippen molar-refractivity contribution < 1.29 is 0 Å². The highest BCUT2D eigenvalue weighted by Crippen LogP contribution is 2.25. The van der Waals surface area contributed by atoms with Crippen LogP contribution in [0.25, 0.3) is 0 Å². The summed E-state index contributed by atoms with van der Waals surface area (Å²) in [5, 5.41) is 6.34. The van der Waals surface area contributed by atoms with Gasteiger partial charge in [-0.05, 0) is 50.2 Å². The number of rotatable bonds is 4. The zero-order valence-corrected chi connectivity index (χ0v) is 16.5. The molecule has 1 saturated heterocycles. The van der Waals surface area contributed by atoms with E-state index in [1.807, 2.05) is 0 Å². The third-order valence-electron chi connectivity index (χ3n) is 5.22. The quantitative estimate of drug-likeness (QED) is 0.788. The molecule has 2 aliphatic rings. The average Bonchev–Trinajstić information content (AvgIpc) is 2.95. The summed E-state index contributed by atoms with van der Waals surface area (Å²) in [6.45, 7) is 8.47. The van der Waals surface area contributed by atoms with Gasteiger partial charge in [0.25, 0.3) is 0 Å². The van der Waals surface area contributed by atoms with Crippen molar-refractivity contribution >= 4 is 36.3 Å². The van der Waals surface area contributed by atoms with Crippen molar-refractivity contribution in [1.82, 2.24) is 19.4 Å². The molecular weight excluding hydrogens is 351 g/mol. The molecule has 0 aromatic carbocycles. The van der Waals surface area contributed by atoms with Gasteiger partial charge in [0, 0.05) is 31.6 Å². The number of hydrogen-bond acceptors (Lipinski definition) is 5. The lowest BCUT2D eigenvalue weighted by molar-refractivity contribution is 0.186. The summed E-state index contributed by atoms with van der Waals surface area (Å²) in [6.07, 6.45) is 8.58. The van der Waals surface area contributed by atoms with Crippen LogP contribution < -0.4 is 0 Å². The predicted molar refractivity (Wildman–Crippen MR) is 102 cm³/mol. The first-order chi connectivity index (χ1) is 10.3. The first-order valence-electron chi connectivity index (χ1n) is 8.56. The van der Waals surface area contributed by atoms with Crippen molar-refractivity contribution in [2.45, 2.75) is 51.5 Å². The van der Waals surface area contributed by atoms with Crippen LogP contribution in [0.15, 0.2) is 5.38 Å². The fourth-order valence-electron chi connectivity index (χ4n) is 3.84. The van der Waals surface area contributed by atoms with E-state index in [1.165, 1.54) is 82.8 Å². The Labute approximate surface area is 157 Å². The summed E-state index contributed by atoms with van der Waals surface area (Å²) in [5.74, 6) is 0.963. The van der Waals surface area contributed by atoms with Crippen molar-refractivity contribution in [3.8, 4) is 0 Å². The van der Waals surface area contributed by atoms with E-state index >= 15 is 0 Å². The lowest BCUT2D eigenvalue weighted by atomic mass is 9.89. The van der Waals surface area contributed by atoms with Crippen LogP contribution in [0.2, 0.25) is 0 Å². The fourth-order valence-corrected chi connectivity index (χ4v) is 4.38. The standard InChI is InChI=1S/C16H28N4S.2ClH/c1-14(16-13-21-18-17-16)20-9-5-8-19(10-11-20)12-15-6-3-2-4-7-15;;/h13-15H,2-12H2,1H3;2*1H. The van der Waals surface area contributed by atoms with Crippen LogP contribution in [0.1, 0.15) is 57.2 Å². The minimum absolute atomic E-state index is 0. The molecule has 1 atom stereocenters. The minimum atomic E-state index is 0. The molecule has 3 rings (SSSR count). The zero-order chi connectivity index (χ0) is 14.5. The van der Waals surface area contributed by atoms with E-state index in [0.717, 1.165) is 11.6 Å². The largest absolute Gasteiger partial charge is 0.302 e. The molecule has 2 fully saturated rings. The second-order valence-electron chi connectivity index (χ2n) is 6.70. The SMILES string of the molecule is CC(c1csnn1)N1CCCN(CC2CCCCC2)CC1.Cl.Cl. The van der Waals surface area contributed by atoms with E-state index in [9.17, 15) is 0 Å². The summed E-state index contributed by atoms with van der Waals surface area (Å²) < 4.78 is 4.01. The van der Waals surface area contributed by atoms with Crippen LogP contribution in [0.4, 0.5) is 0 Å². The van der Waals surface area contributed by atoms with Crippen molar-refractivity contribution in [1.29, 1.82) is 0 Å². The topological polar surface area (TPSA) is 32.3 Å². The van der Waals surface area contributed by atoms with E-state index in [2.05, 4.69) is 31.7 Å². The van der Waals surface area contributed by atoms with Crippen LogP contribution in [-0.2, 0) is 0 Å². The molecule has 0 bridgehead atoms. The molecule has 2 heterocycles. The predicted octanol–water partition coefficient (Wildman–Crippen LogP) is 4.03. The first kappa shape index (κ1) is 21.1. The molecule has 1 aromatic rings. The van der Waals surface area contributed by atoms with Gasteiger partial charge in [-0.25, -0.2) is 0 Å². The van der Waals surface area contributed by atoms with Gasteiger partial charge >= 0.3 is 0 Å². The monoisotopic (exact) mass is 380 g/mol. The molecule has 134 valence electrons. The van der Waals surface area contributed by atoms with Gasteiger partial charge in [-0.2, -0.15) is 0 Å². The van der Waals surface area contributed by atoms with Crippen molar-refractivity contribution in [2.75, 3.05) is 32.7 Å². The average molecular weight is 381 g/mol. The zero-order valence-electron chi connectivity index (χ0n) is 14.0. The molecule has 1 aromatic heterocycles. The van der Waals surface area contributed by atoms with Crippen molar-refractivity contribution in [3.05, 3.63) is 11.1 Å². The van der Waals surface area contributed by atoms with E-state index in [4.69, 9.17) is 0 Å². The third kappa shape index (κ3) is 6.13. The summed E-state index contributed by atoms with van der Waals surface area (Å²) in [7, 11) is 0. The summed E-state index contributed by atoms with van der Waals surface area (Å²) in [5.41, 5.74) is 1.14. The Hall–Kier alpha value is 0.0600. The maximum Gasteiger partial charge on any atom is 0.0924 e. The second kappa shape index (κ2) is 10.8. The third-order valence-corrected chi connectivity index (χ3v) is 5.74. The molecule has 1 unspecified atom stereocenters. The molecule has 1 aliphatic heterocycles. The van der Waals surface area contributed by atoms with Gasteiger partial charge in [0.15, 0.2) is 0 Å². The van der Waals surface area contributed by atoms with Gasteiger partial charge in [-0.1, -0.05) is 23.8 Å². The Bertz CT molecular complexity index is 412. The number of hydrogen-bond donors (Lipinski definition) is 0. The second-order valence-corrected chi connectivity index (χ2v) is 7.31. The number of nitrogens with zero attached hydrogens (tertiary/aromatic N) is 4. The van der Waals surface area contributed by atoms with Crippen LogP contribution in [0, 0.1) is 5.92 Å². The van der Waals surface area contributed by atoms with Crippen LogP contribution in [0.5, 0.6) is 0 Å². The molecular formula is C16H30Cl2N4S. The molecule has 1 saturated carbocycles. The van der Waals surface area contributed by atoms with Crippen LogP contribution >= 0.6 is 36.3 Å². The highest BCUT2D eigenvalue weighted by atomic mass is 35.5. The summed E-state index contributed by atoms with van der Waals surface area (Å²) in [4.78, 5) is 5.29. The van der Waals surface area contributed by atoms with E-state index in [-0.39, 0.29) is 24.8 Å². The molecule has 1 aliphatic carbocycles. The Morgan fingerprint density at radius 1 is 1.09 bits per heavy atom. The molecule has 0 radical (unpaired) electrons. The highest BCUT2D eigenvalue weighted by Gasteiger charge is 2.23. The molecule has 7 heteroatoms. The molecule has 4 nitrogen and oxygen atoms in total. The van der Waals surface area contributed by atoms with Gasteiger partial charge in [-0.3, -0.25) is 4.90 Å². The lowest BCUT2D eigenvalue weighted by Crippen LogP contribution is -2.35. The minimum Gasteiger partial charge on any atom is -0.302 e. The van der Waals surface area contributed by atoms with E-state index in [0.29, 0.717) is 6.04 Å². The van der Waals surface area contributed by atoms with Gasteiger partial charge in [0.2, 0.25) is 0 Å². The molecule has 0 spiro atoms. The smallest absolute Gasteiger partial charge is 0.0924 e. The van der Waals surface area contributed by atoms with Gasteiger partial charge in [-0.15, -0.1) is 29.9 Å². The van der Waals surface area contributed by atoms with E-state index < -0.39 is 0 Å². The molecule has 0 N–H and O–H groups in total. The number of aromatic nitrogens is 2.